The number of carbonyl (C=O) groups is 1. The van der Waals surface area contributed by atoms with Crippen molar-refractivity contribution < 1.29 is 18.0 Å². The smallest absolute Gasteiger partial charge is 0.310 e. The van der Waals surface area contributed by atoms with E-state index in [1.54, 1.807) is 13.8 Å². The van der Waals surface area contributed by atoms with Crippen molar-refractivity contribution in [2.75, 3.05) is 5.32 Å². The minimum absolute atomic E-state index is 0.0495. The van der Waals surface area contributed by atoms with Crippen molar-refractivity contribution in [1.82, 2.24) is 10.2 Å². The lowest BCUT2D eigenvalue weighted by Crippen LogP contribution is -2.59. The van der Waals surface area contributed by atoms with Crippen molar-refractivity contribution in [2.45, 2.75) is 32.5 Å². The number of aromatic amines is 1. The molecule has 0 fully saturated rings. The van der Waals surface area contributed by atoms with Gasteiger partial charge in [-0.15, -0.1) is 0 Å². The molecule has 1 unspecified atom stereocenters. The highest BCUT2D eigenvalue weighted by atomic mass is 19.4. The third kappa shape index (κ3) is 2.41. The van der Waals surface area contributed by atoms with Crippen molar-refractivity contribution >= 4 is 11.7 Å². The Morgan fingerprint density at radius 2 is 1.94 bits per heavy atom. The topological polar surface area (TPSA) is 83.8 Å². The van der Waals surface area contributed by atoms with Crippen LogP contribution in [-0.4, -0.2) is 27.8 Å². The summed E-state index contributed by atoms with van der Waals surface area (Å²) in [5.41, 5.74) is 3.24. The van der Waals surface area contributed by atoms with E-state index >= 15 is 0 Å². The van der Waals surface area contributed by atoms with Crippen molar-refractivity contribution in [3.05, 3.63) is 11.3 Å². The van der Waals surface area contributed by atoms with E-state index in [-0.39, 0.29) is 5.82 Å². The Kier molecular flexibility index (Phi) is 3.19. The average Bonchev–Trinajstić information content (AvgIpc) is 2.47. The zero-order valence-corrected chi connectivity index (χ0v) is 9.57. The molecule has 0 saturated heterocycles. The lowest BCUT2D eigenvalue weighted by Gasteiger charge is -2.25. The zero-order valence-electron chi connectivity index (χ0n) is 9.57. The molecule has 1 atom stereocenters. The van der Waals surface area contributed by atoms with Crippen molar-refractivity contribution in [2.24, 2.45) is 5.73 Å². The first-order valence-corrected chi connectivity index (χ1v) is 4.76. The van der Waals surface area contributed by atoms with Gasteiger partial charge in [0, 0.05) is 11.3 Å². The predicted octanol–water partition coefficient (Wildman–Crippen LogP) is 1.24. The molecular formula is C9H13F3N4O. The third-order valence-electron chi connectivity index (χ3n) is 2.55. The molecule has 0 aromatic carbocycles. The molecule has 1 rings (SSSR count). The van der Waals surface area contributed by atoms with Gasteiger partial charge in [-0.25, -0.2) is 0 Å². The van der Waals surface area contributed by atoms with E-state index in [4.69, 9.17) is 5.73 Å². The van der Waals surface area contributed by atoms with Crippen LogP contribution in [0.5, 0.6) is 0 Å². The normalized spacial score (nSPS) is 15.5. The number of halogens is 3. The summed E-state index contributed by atoms with van der Waals surface area (Å²) in [7, 11) is 0. The van der Waals surface area contributed by atoms with Gasteiger partial charge in [-0.1, -0.05) is 0 Å². The Morgan fingerprint density at radius 3 is 2.29 bits per heavy atom. The van der Waals surface area contributed by atoms with E-state index in [0.29, 0.717) is 18.2 Å². The molecule has 0 aliphatic carbocycles. The Labute approximate surface area is 95.6 Å². The monoisotopic (exact) mass is 250 g/mol. The van der Waals surface area contributed by atoms with Gasteiger partial charge < -0.3 is 11.1 Å². The third-order valence-corrected chi connectivity index (χ3v) is 2.55. The number of hydrogen-bond donors (Lipinski definition) is 3. The molecule has 96 valence electrons. The minimum Gasteiger partial charge on any atom is -0.310 e. The van der Waals surface area contributed by atoms with Gasteiger partial charge in [0.15, 0.2) is 11.4 Å². The minimum atomic E-state index is -4.82. The summed E-state index contributed by atoms with van der Waals surface area (Å²) in [6.07, 6.45) is -4.82. The number of H-pyrrole nitrogens is 1. The number of anilines is 1. The highest BCUT2D eigenvalue weighted by molar-refractivity contribution is 5.98. The van der Waals surface area contributed by atoms with Crippen LogP contribution >= 0.6 is 0 Å². The second kappa shape index (κ2) is 4.02. The van der Waals surface area contributed by atoms with E-state index in [1.807, 2.05) is 0 Å². The molecule has 1 heterocycles. The molecule has 0 aliphatic heterocycles. The Morgan fingerprint density at radius 1 is 1.41 bits per heavy atom. The van der Waals surface area contributed by atoms with Crippen LogP contribution in [0.3, 0.4) is 0 Å². The quantitative estimate of drug-likeness (QED) is 0.738. The fourth-order valence-electron chi connectivity index (χ4n) is 0.973. The molecule has 4 N–H and O–H groups in total. The average molecular weight is 250 g/mol. The van der Waals surface area contributed by atoms with Crippen LogP contribution in [0.2, 0.25) is 0 Å². The van der Waals surface area contributed by atoms with Gasteiger partial charge >= 0.3 is 6.18 Å². The Hall–Kier alpha value is -1.57. The van der Waals surface area contributed by atoms with Gasteiger partial charge in [0.1, 0.15) is 0 Å². The highest BCUT2D eigenvalue weighted by Gasteiger charge is 2.54. The molecule has 0 bridgehead atoms. The van der Waals surface area contributed by atoms with Gasteiger partial charge in [-0.2, -0.15) is 18.3 Å². The first-order valence-electron chi connectivity index (χ1n) is 4.76. The molecule has 0 radical (unpaired) electrons. The van der Waals surface area contributed by atoms with E-state index in [9.17, 15) is 18.0 Å². The summed E-state index contributed by atoms with van der Waals surface area (Å²) in [5, 5.41) is 8.27. The van der Waals surface area contributed by atoms with Gasteiger partial charge in [0.05, 0.1) is 0 Å². The molecule has 8 heteroatoms. The van der Waals surface area contributed by atoms with Crippen LogP contribution in [0.25, 0.3) is 0 Å². The second-order valence-corrected chi connectivity index (χ2v) is 3.98. The summed E-state index contributed by atoms with van der Waals surface area (Å²) in [6, 6.07) is 0. The van der Waals surface area contributed by atoms with Gasteiger partial charge in [-0.3, -0.25) is 9.89 Å². The van der Waals surface area contributed by atoms with Gasteiger partial charge in [-0.05, 0) is 20.8 Å². The number of aryl methyl sites for hydroxylation is 1. The zero-order chi connectivity index (χ0) is 13.4. The molecule has 1 amide bonds. The molecule has 17 heavy (non-hydrogen) atoms. The Bertz CT molecular complexity index is 436. The van der Waals surface area contributed by atoms with Gasteiger partial charge in [0.2, 0.25) is 0 Å². The van der Waals surface area contributed by atoms with E-state index in [0.717, 1.165) is 0 Å². The lowest BCUT2D eigenvalue weighted by atomic mass is 10.0. The lowest BCUT2D eigenvalue weighted by molar-refractivity contribution is -0.184. The molecule has 0 spiro atoms. The van der Waals surface area contributed by atoms with Crippen molar-refractivity contribution in [1.29, 1.82) is 0 Å². The first-order chi connectivity index (χ1) is 7.57. The molecule has 5 nitrogen and oxygen atoms in total. The molecule has 0 aliphatic rings. The summed E-state index contributed by atoms with van der Waals surface area (Å²) >= 11 is 0. The van der Waals surface area contributed by atoms with E-state index in [2.05, 4.69) is 15.5 Å². The van der Waals surface area contributed by atoms with Crippen LogP contribution in [0.4, 0.5) is 19.0 Å². The number of aromatic nitrogens is 2. The number of nitrogens with two attached hydrogens (primary N) is 1. The number of hydrogen-bond acceptors (Lipinski definition) is 3. The SMILES string of the molecule is Cc1[nH]nc(NC(=O)C(C)(N)C(F)(F)F)c1C. The van der Waals surface area contributed by atoms with Crippen LogP contribution in [0.15, 0.2) is 0 Å². The summed E-state index contributed by atoms with van der Waals surface area (Å²) in [5.74, 6) is -1.30. The number of nitrogens with one attached hydrogen (secondary N) is 2. The van der Waals surface area contributed by atoms with Crippen LogP contribution in [-0.2, 0) is 4.79 Å². The molecule has 1 aromatic rings. The highest BCUT2D eigenvalue weighted by Crippen LogP contribution is 2.29. The largest absolute Gasteiger partial charge is 0.415 e. The number of rotatable bonds is 2. The molecular weight excluding hydrogens is 237 g/mol. The first kappa shape index (κ1) is 13.5. The summed E-state index contributed by atoms with van der Waals surface area (Å²) < 4.78 is 37.4. The maximum atomic E-state index is 12.5. The number of amides is 1. The van der Waals surface area contributed by atoms with Crippen LogP contribution < -0.4 is 11.1 Å². The molecule has 0 saturated carbocycles. The molecule has 1 aromatic heterocycles. The number of nitrogens with zero attached hydrogens (tertiary/aromatic N) is 1. The van der Waals surface area contributed by atoms with Gasteiger partial charge in [0.25, 0.3) is 5.91 Å². The standard InChI is InChI=1S/C9H13F3N4O/c1-4-5(2)15-16-6(4)14-7(17)8(3,13)9(10,11)12/h13H2,1-3H3,(H2,14,15,16,17). The van der Waals surface area contributed by atoms with Crippen LogP contribution in [0, 0.1) is 13.8 Å². The fraction of sp³-hybridized carbons (Fsp3) is 0.556. The van der Waals surface area contributed by atoms with Crippen molar-refractivity contribution in [3.63, 3.8) is 0 Å². The Balaban J connectivity index is 2.91. The van der Waals surface area contributed by atoms with E-state index < -0.39 is 17.6 Å². The maximum Gasteiger partial charge on any atom is 0.415 e. The fourth-order valence-corrected chi connectivity index (χ4v) is 0.973. The summed E-state index contributed by atoms with van der Waals surface area (Å²) in [4.78, 5) is 11.4. The maximum absolute atomic E-state index is 12.5. The number of alkyl halides is 3. The predicted molar refractivity (Wildman–Crippen MR) is 55.3 cm³/mol. The van der Waals surface area contributed by atoms with Crippen molar-refractivity contribution in [3.8, 4) is 0 Å². The van der Waals surface area contributed by atoms with E-state index in [1.165, 1.54) is 0 Å². The second-order valence-electron chi connectivity index (χ2n) is 3.98. The number of carbonyl (C=O) groups excluding carboxylic acids is 1. The van der Waals surface area contributed by atoms with Crippen LogP contribution in [0.1, 0.15) is 18.2 Å². The summed E-state index contributed by atoms with van der Waals surface area (Å²) in [6.45, 7) is 3.91.